The molecule has 2 rings (SSSR count). The Hall–Kier alpha value is -2.44. The van der Waals surface area contributed by atoms with Gasteiger partial charge in [0.15, 0.2) is 6.61 Å². The van der Waals surface area contributed by atoms with E-state index >= 15 is 0 Å². The molecule has 148 valence electrons. The van der Waals surface area contributed by atoms with Crippen molar-refractivity contribution in [3.63, 3.8) is 0 Å². The number of benzene rings is 1. The Balaban J connectivity index is 1.93. The van der Waals surface area contributed by atoms with Crippen LogP contribution in [-0.4, -0.2) is 37.0 Å². The lowest BCUT2D eigenvalue weighted by molar-refractivity contribution is -0.154. The van der Waals surface area contributed by atoms with Gasteiger partial charge in [-0.3, -0.25) is 14.4 Å². The second-order valence-corrected chi connectivity index (χ2v) is 6.95. The van der Waals surface area contributed by atoms with Gasteiger partial charge in [-0.1, -0.05) is 31.9 Å². The maximum Gasteiger partial charge on any atom is 0.317 e. The van der Waals surface area contributed by atoms with Gasteiger partial charge in [-0.2, -0.15) is 0 Å². The molecule has 1 aliphatic rings. The van der Waals surface area contributed by atoms with E-state index in [2.05, 4.69) is 10.6 Å². The van der Waals surface area contributed by atoms with E-state index in [1.54, 1.807) is 19.1 Å². The summed E-state index contributed by atoms with van der Waals surface area (Å²) in [5.74, 6) is -1.66. The van der Waals surface area contributed by atoms with Crippen LogP contribution < -0.4 is 10.6 Å². The molecular formula is C20H27FN2O4. The molecule has 0 heterocycles. The zero-order valence-corrected chi connectivity index (χ0v) is 15.8. The van der Waals surface area contributed by atoms with E-state index in [1.807, 2.05) is 6.92 Å². The van der Waals surface area contributed by atoms with E-state index in [-0.39, 0.29) is 11.7 Å². The Morgan fingerprint density at radius 2 is 1.81 bits per heavy atom. The number of hydrogen-bond acceptors (Lipinski definition) is 4. The molecule has 1 fully saturated rings. The van der Waals surface area contributed by atoms with Crippen LogP contribution in [0.5, 0.6) is 0 Å². The monoisotopic (exact) mass is 378 g/mol. The lowest BCUT2D eigenvalue weighted by Crippen LogP contribution is -2.46. The maximum absolute atomic E-state index is 13.2. The van der Waals surface area contributed by atoms with Crippen molar-refractivity contribution in [2.75, 3.05) is 13.2 Å². The Morgan fingerprint density at radius 1 is 1.19 bits per heavy atom. The van der Waals surface area contributed by atoms with Crippen molar-refractivity contribution in [1.82, 2.24) is 10.6 Å². The Kier molecular flexibility index (Phi) is 7.33. The van der Waals surface area contributed by atoms with E-state index < -0.39 is 29.9 Å². The fourth-order valence-corrected chi connectivity index (χ4v) is 3.38. The van der Waals surface area contributed by atoms with Crippen molar-refractivity contribution in [3.8, 4) is 0 Å². The van der Waals surface area contributed by atoms with Gasteiger partial charge >= 0.3 is 5.97 Å². The summed E-state index contributed by atoms with van der Waals surface area (Å²) in [6, 6.07) is 5.14. The second-order valence-electron chi connectivity index (χ2n) is 6.95. The zero-order valence-electron chi connectivity index (χ0n) is 15.8. The minimum atomic E-state index is -0.835. The lowest BCUT2D eigenvalue weighted by atomic mass is 9.79. The van der Waals surface area contributed by atoms with E-state index in [1.165, 1.54) is 12.1 Å². The van der Waals surface area contributed by atoms with Crippen LogP contribution in [0.2, 0.25) is 0 Å². The van der Waals surface area contributed by atoms with Crippen LogP contribution in [-0.2, 0) is 24.5 Å². The molecular weight excluding hydrogens is 351 g/mol. The minimum Gasteiger partial charge on any atom is -0.455 e. The van der Waals surface area contributed by atoms with Gasteiger partial charge in [-0.05, 0) is 43.9 Å². The van der Waals surface area contributed by atoms with E-state index in [4.69, 9.17) is 4.74 Å². The largest absolute Gasteiger partial charge is 0.455 e. The van der Waals surface area contributed by atoms with Gasteiger partial charge in [0, 0.05) is 6.54 Å². The van der Waals surface area contributed by atoms with Gasteiger partial charge < -0.3 is 15.4 Å². The predicted molar refractivity (Wildman–Crippen MR) is 98.4 cm³/mol. The number of hydrogen-bond donors (Lipinski definition) is 2. The third-order valence-electron chi connectivity index (χ3n) is 4.90. The highest BCUT2D eigenvalue weighted by Gasteiger charge is 2.44. The van der Waals surface area contributed by atoms with Crippen LogP contribution in [0, 0.1) is 5.82 Å². The molecule has 1 aromatic carbocycles. The highest BCUT2D eigenvalue weighted by Crippen LogP contribution is 2.42. The topological polar surface area (TPSA) is 84.5 Å². The van der Waals surface area contributed by atoms with Crippen LogP contribution in [0.1, 0.15) is 51.5 Å². The first-order valence-corrected chi connectivity index (χ1v) is 9.39. The summed E-state index contributed by atoms with van der Waals surface area (Å²) >= 11 is 0. The van der Waals surface area contributed by atoms with Crippen molar-refractivity contribution in [2.24, 2.45) is 0 Å². The first kappa shape index (κ1) is 20.9. The van der Waals surface area contributed by atoms with Crippen molar-refractivity contribution in [1.29, 1.82) is 0 Å². The number of esters is 1. The highest BCUT2D eigenvalue weighted by atomic mass is 19.1. The molecule has 2 amide bonds. The number of nitrogens with one attached hydrogen (secondary N) is 2. The summed E-state index contributed by atoms with van der Waals surface area (Å²) < 4.78 is 18.5. The van der Waals surface area contributed by atoms with Crippen LogP contribution in [0.3, 0.4) is 0 Å². The third-order valence-corrected chi connectivity index (χ3v) is 4.90. The summed E-state index contributed by atoms with van der Waals surface area (Å²) in [4.78, 5) is 36.5. The molecule has 1 saturated carbocycles. The smallest absolute Gasteiger partial charge is 0.317 e. The third kappa shape index (κ3) is 5.28. The number of carbonyl (C=O) groups is 3. The molecule has 0 aromatic heterocycles. The predicted octanol–water partition coefficient (Wildman–Crippen LogP) is 2.21. The van der Waals surface area contributed by atoms with Gasteiger partial charge in [0.05, 0.1) is 5.41 Å². The number of carbonyl (C=O) groups excluding carboxylic acids is 3. The van der Waals surface area contributed by atoms with Gasteiger partial charge in [0.2, 0.25) is 5.91 Å². The lowest BCUT2D eigenvalue weighted by Gasteiger charge is -2.27. The summed E-state index contributed by atoms with van der Waals surface area (Å²) in [5.41, 5.74) is -0.128. The summed E-state index contributed by atoms with van der Waals surface area (Å²) in [7, 11) is 0. The average molecular weight is 378 g/mol. The van der Waals surface area contributed by atoms with Crippen molar-refractivity contribution in [2.45, 2.75) is 57.4 Å². The minimum absolute atomic E-state index is 0.282. The molecule has 0 aliphatic heterocycles. The number of ether oxygens (including phenoxy) is 1. The van der Waals surface area contributed by atoms with Gasteiger partial charge in [0.25, 0.3) is 5.91 Å². The van der Waals surface area contributed by atoms with Crippen LogP contribution >= 0.6 is 0 Å². The van der Waals surface area contributed by atoms with Gasteiger partial charge in [-0.15, -0.1) is 0 Å². The normalized spacial score (nSPS) is 16.4. The van der Waals surface area contributed by atoms with Gasteiger partial charge in [0.1, 0.15) is 11.9 Å². The van der Waals surface area contributed by atoms with E-state index in [0.29, 0.717) is 24.9 Å². The molecule has 0 bridgehead atoms. The molecule has 27 heavy (non-hydrogen) atoms. The Morgan fingerprint density at radius 3 is 2.41 bits per heavy atom. The Bertz CT molecular complexity index is 669. The zero-order chi connectivity index (χ0) is 19.9. The molecule has 1 aromatic rings. The van der Waals surface area contributed by atoms with Crippen molar-refractivity contribution in [3.05, 3.63) is 35.6 Å². The van der Waals surface area contributed by atoms with Crippen LogP contribution in [0.25, 0.3) is 0 Å². The second kappa shape index (κ2) is 9.48. The quantitative estimate of drug-likeness (QED) is 0.680. The van der Waals surface area contributed by atoms with E-state index in [0.717, 1.165) is 19.3 Å². The maximum atomic E-state index is 13.2. The average Bonchev–Trinajstić information content (AvgIpc) is 3.15. The molecule has 1 atom stereocenters. The standard InChI is InChI=1S/C20H27FN2O4/c1-3-12-22-18(25)14(2)23-17(24)13-27-19(26)20(10-4-5-11-20)15-6-8-16(21)9-7-15/h6-9,14H,3-5,10-13H2,1-2H3,(H,22,25)(H,23,24)/t14-/m1/s1. The molecule has 2 N–H and O–H groups in total. The molecule has 0 radical (unpaired) electrons. The summed E-state index contributed by atoms with van der Waals surface area (Å²) in [6.07, 6.45) is 3.75. The first-order chi connectivity index (χ1) is 12.9. The SMILES string of the molecule is CCCNC(=O)[C@@H](C)NC(=O)COC(=O)C1(c2ccc(F)cc2)CCCC1. The van der Waals surface area contributed by atoms with Gasteiger partial charge in [-0.25, -0.2) is 4.39 Å². The molecule has 7 heteroatoms. The Labute approximate surface area is 158 Å². The van der Waals surface area contributed by atoms with Crippen LogP contribution in [0.4, 0.5) is 4.39 Å². The number of halogens is 1. The van der Waals surface area contributed by atoms with Crippen molar-refractivity contribution >= 4 is 17.8 Å². The highest BCUT2D eigenvalue weighted by molar-refractivity contribution is 5.90. The summed E-state index contributed by atoms with van der Waals surface area (Å²) in [6.45, 7) is 3.59. The van der Waals surface area contributed by atoms with Crippen LogP contribution in [0.15, 0.2) is 24.3 Å². The van der Waals surface area contributed by atoms with E-state index in [9.17, 15) is 18.8 Å². The van der Waals surface area contributed by atoms with Crippen molar-refractivity contribution < 1.29 is 23.5 Å². The molecule has 0 spiro atoms. The molecule has 0 unspecified atom stereocenters. The number of rotatable bonds is 8. The number of amides is 2. The molecule has 0 saturated heterocycles. The fourth-order valence-electron chi connectivity index (χ4n) is 3.38. The first-order valence-electron chi connectivity index (χ1n) is 9.39. The molecule has 1 aliphatic carbocycles. The molecule has 6 nitrogen and oxygen atoms in total. The summed E-state index contributed by atoms with van der Waals surface area (Å²) in [5, 5.41) is 5.20. The fraction of sp³-hybridized carbons (Fsp3) is 0.550.